The van der Waals surface area contributed by atoms with Crippen LogP contribution in [-0.4, -0.2) is 4.98 Å². The van der Waals surface area contributed by atoms with Gasteiger partial charge in [0.25, 0.3) is 0 Å². The molecule has 2 heteroatoms. The van der Waals surface area contributed by atoms with Crippen LogP contribution in [0.25, 0.3) is 0 Å². The van der Waals surface area contributed by atoms with Crippen LogP contribution in [0, 0.1) is 6.92 Å². The van der Waals surface area contributed by atoms with Crippen LogP contribution in [-0.2, 0) is 0 Å². The Bertz CT molecular complexity index is 329. The zero-order chi connectivity index (χ0) is 10.9. The lowest BCUT2D eigenvalue weighted by atomic mass is 9.92. The summed E-state index contributed by atoms with van der Waals surface area (Å²) in [6.45, 7) is 10.8. The highest BCUT2D eigenvalue weighted by molar-refractivity contribution is 6.31. The minimum Gasteiger partial charge on any atom is -0.259 e. The minimum atomic E-state index is 0.461. The summed E-state index contributed by atoms with van der Waals surface area (Å²) < 4.78 is 0. The summed E-state index contributed by atoms with van der Waals surface area (Å²) in [5, 5.41) is 0.776. The molecule has 1 aromatic heterocycles. The van der Waals surface area contributed by atoms with Crippen LogP contribution in [0.4, 0.5) is 0 Å². The third-order valence-corrected chi connectivity index (χ3v) is 2.86. The molecule has 0 saturated carbocycles. The van der Waals surface area contributed by atoms with Gasteiger partial charge in [-0.2, -0.15) is 0 Å². The van der Waals surface area contributed by atoms with E-state index < -0.39 is 0 Å². The highest BCUT2D eigenvalue weighted by atomic mass is 35.5. The van der Waals surface area contributed by atoms with E-state index in [2.05, 4.69) is 39.6 Å². The fourth-order valence-corrected chi connectivity index (χ4v) is 1.95. The molecule has 0 N–H and O–H groups in total. The highest BCUT2D eigenvalue weighted by Gasteiger charge is 2.15. The molecule has 1 heterocycles. The van der Waals surface area contributed by atoms with Gasteiger partial charge in [-0.15, -0.1) is 0 Å². The Morgan fingerprint density at radius 2 is 1.71 bits per heavy atom. The van der Waals surface area contributed by atoms with E-state index in [0.717, 1.165) is 5.02 Å². The lowest BCUT2D eigenvalue weighted by Crippen LogP contribution is -2.04. The van der Waals surface area contributed by atoms with E-state index >= 15 is 0 Å². The molecule has 0 aliphatic rings. The quantitative estimate of drug-likeness (QED) is 0.711. The number of hydrogen-bond acceptors (Lipinski definition) is 1. The van der Waals surface area contributed by atoms with Gasteiger partial charge in [-0.05, 0) is 29.9 Å². The van der Waals surface area contributed by atoms with Gasteiger partial charge in [0.15, 0.2) is 0 Å². The van der Waals surface area contributed by atoms with Crippen LogP contribution >= 0.6 is 11.6 Å². The first-order valence-corrected chi connectivity index (χ1v) is 5.47. The van der Waals surface area contributed by atoms with Gasteiger partial charge in [0.05, 0.1) is 5.02 Å². The lowest BCUT2D eigenvalue weighted by Gasteiger charge is -2.18. The average molecular weight is 212 g/mol. The van der Waals surface area contributed by atoms with Crippen molar-refractivity contribution in [1.29, 1.82) is 0 Å². The van der Waals surface area contributed by atoms with Crippen molar-refractivity contribution in [1.82, 2.24) is 4.98 Å². The maximum absolute atomic E-state index is 6.07. The molecule has 0 atom stereocenters. The van der Waals surface area contributed by atoms with E-state index in [9.17, 15) is 0 Å². The van der Waals surface area contributed by atoms with Crippen LogP contribution in [0.3, 0.4) is 0 Å². The SMILES string of the molecule is Cc1c(Cl)cnc(C(C)C)c1C(C)C. The smallest absolute Gasteiger partial charge is 0.0621 e. The van der Waals surface area contributed by atoms with E-state index in [-0.39, 0.29) is 0 Å². The first-order chi connectivity index (χ1) is 6.45. The Kier molecular flexibility index (Phi) is 3.54. The summed E-state index contributed by atoms with van der Waals surface area (Å²) in [5.74, 6) is 0.946. The first-order valence-electron chi connectivity index (χ1n) is 5.10. The Morgan fingerprint density at radius 1 is 1.14 bits per heavy atom. The maximum atomic E-state index is 6.07. The van der Waals surface area contributed by atoms with E-state index in [1.54, 1.807) is 6.20 Å². The molecule has 0 aliphatic heterocycles. The lowest BCUT2D eigenvalue weighted by molar-refractivity contribution is 0.751. The van der Waals surface area contributed by atoms with Crippen molar-refractivity contribution in [3.05, 3.63) is 28.0 Å². The maximum Gasteiger partial charge on any atom is 0.0621 e. The molecule has 14 heavy (non-hydrogen) atoms. The Labute approximate surface area is 91.5 Å². The Balaban J connectivity index is 3.38. The third-order valence-electron chi connectivity index (χ3n) is 2.48. The van der Waals surface area contributed by atoms with Gasteiger partial charge in [0.2, 0.25) is 0 Å². The van der Waals surface area contributed by atoms with Crippen molar-refractivity contribution in [2.24, 2.45) is 0 Å². The minimum absolute atomic E-state index is 0.461. The molecule has 1 rings (SSSR count). The Hall–Kier alpha value is -0.560. The molecule has 0 aliphatic carbocycles. The van der Waals surface area contributed by atoms with Gasteiger partial charge in [-0.25, -0.2) is 0 Å². The zero-order valence-electron chi connectivity index (χ0n) is 9.56. The molecule has 1 nitrogen and oxygen atoms in total. The molecule has 0 saturated heterocycles. The van der Waals surface area contributed by atoms with Gasteiger partial charge >= 0.3 is 0 Å². The summed E-state index contributed by atoms with van der Waals surface area (Å²) in [6, 6.07) is 0. The number of aromatic nitrogens is 1. The standard InChI is InChI=1S/C12H18ClN/c1-7(2)11-9(5)10(13)6-14-12(11)8(3)4/h6-8H,1-5H3. The van der Waals surface area contributed by atoms with Crippen LogP contribution in [0.15, 0.2) is 6.20 Å². The molecule has 0 aromatic carbocycles. The van der Waals surface area contributed by atoms with Gasteiger partial charge in [0.1, 0.15) is 0 Å². The number of pyridine rings is 1. The van der Waals surface area contributed by atoms with Gasteiger partial charge in [0, 0.05) is 11.9 Å². The van der Waals surface area contributed by atoms with E-state index in [0.29, 0.717) is 11.8 Å². The molecular formula is C12H18ClN. The van der Waals surface area contributed by atoms with Crippen molar-refractivity contribution in [3.63, 3.8) is 0 Å². The molecule has 0 amide bonds. The van der Waals surface area contributed by atoms with Crippen molar-refractivity contribution in [3.8, 4) is 0 Å². The second-order valence-corrected chi connectivity index (χ2v) is 4.75. The largest absolute Gasteiger partial charge is 0.259 e. The van der Waals surface area contributed by atoms with E-state index in [4.69, 9.17) is 11.6 Å². The Morgan fingerprint density at radius 3 is 2.14 bits per heavy atom. The van der Waals surface area contributed by atoms with Crippen molar-refractivity contribution >= 4 is 11.6 Å². The molecule has 0 fully saturated rings. The molecule has 78 valence electrons. The van der Waals surface area contributed by atoms with E-state index in [1.807, 2.05) is 0 Å². The predicted molar refractivity (Wildman–Crippen MR) is 62.2 cm³/mol. The van der Waals surface area contributed by atoms with Crippen molar-refractivity contribution in [2.45, 2.75) is 46.5 Å². The molecule has 0 radical (unpaired) electrons. The molecule has 1 aromatic rings. The summed E-state index contributed by atoms with van der Waals surface area (Å²) in [6.07, 6.45) is 1.76. The molecule has 0 bridgehead atoms. The topological polar surface area (TPSA) is 12.9 Å². The fourth-order valence-electron chi connectivity index (χ4n) is 1.80. The molecule has 0 unspecified atom stereocenters. The highest BCUT2D eigenvalue weighted by Crippen LogP contribution is 2.30. The van der Waals surface area contributed by atoms with Gasteiger partial charge < -0.3 is 0 Å². The molecule has 0 spiro atoms. The van der Waals surface area contributed by atoms with Crippen LogP contribution in [0.5, 0.6) is 0 Å². The van der Waals surface area contributed by atoms with Crippen molar-refractivity contribution < 1.29 is 0 Å². The number of nitrogens with zero attached hydrogens (tertiary/aromatic N) is 1. The van der Waals surface area contributed by atoms with Crippen LogP contribution in [0.1, 0.15) is 56.4 Å². The number of hydrogen-bond donors (Lipinski definition) is 0. The second kappa shape index (κ2) is 4.31. The monoisotopic (exact) mass is 211 g/mol. The van der Waals surface area contributed by atoms with Crippen molar-refractivity contribution in [2.75, 3.05) is 0 Å². The number of rotatable bonds is 2. The second-order valence-electron chi connectivity index (χ2n) is 4.34. The molecular weight excluding hydrogens is 194 g/mol. The third kappa shape index (κ3) is 2.09. The van der Waals surface area contributed by atoms with Gasteiger partial charge in [-0.1, -0.05) is 39.3 Å². The normalized spacial score (nSPS) is 11.4. The predicted octanol–water partition coefficient (Wildman–Crippen LogP) is 4.29. The van der Waals surface area contributed by atoms with Gasteiger partial charge in [-0.3, -0.25) is 4.98 Å². The van der Waals surface area contributed by atoms with Crippen LogP contribution in [0.2, 0.25) is 5.02 Å². The number of halogens is 1. The first kappa shape index (κ1) is 11.5. The van der Waals surface area contributed by atoms with Crippen LogP contribution < -0.4 is 0 Å². The fraction of sp³-hybridized carbons (Fsp3) is 0.583. The summed E-state index contributed by atoms with van der Waals surface area (Å²) in [7, 11) is 0. The summed E-state index contributed by atoms with van der Waals surface area (Å²) in [4.78, 5) is 4.43. The summed E-state index contributed by atoms with van der Waals surface area (Å²) >= 11 is 6.07. The van der Waals surface area contributed by atoms with E-state index in [1.165, 1.54) is 16.8 Å². The average Bonchev–Trinajstić information content (AvgIpc) is 2.08. The summed E-state index contributed by atoms with van der Waals surface area (Å²) in [5.41, 5.74) is 3.68. The zero-order valence-corrected chi connectivity index (χ0v) is 10.3.